The molecule has 1 atom stereocenters. The van der Waals surface area contributed by atoms with E-state index < -0.39 is 11.7 Å². The highest BCUT2D eigenvalue weighted by Crippen LogP contribution is 2.30. The van der Waals surface area contributed by atoms with Crippen LogP contribution in [0, 0.1) is 0 Å². The van der Waals surface area contributed by atoms with Crippen molar-refractivity contribution in [2.75, 3.05) is 0 Å². The van der Waals surface area contributed by atoms with Crippen LogP contribution in [0.4, 0.5) is 13.2 Å². The third-order valence-corrected chi connectivity index (χ3v) is 3.24. The molecule has 2 aromatic rings. The normalized spacial score (nSPS) is 13.1. The lowest BCUT2D eigenvalue weighted by Crippen LogP contribution is -2.18. The van der Waals surface area contributed by atoms with Crippen LogP contribution in [0.3, 0.4) is 0 Å². The molecule has 0 aromatic heterocycles. The van der Waals surface area contributed by atoms with Crippen LogP contribution >= 0.6 is 0 Å². The molecule has 2 nitrogen and oxygen atoms in total. The third kappa shape index (κ3) is 4.23. The molecule has 0 saturated carbocycles. The van der Waals surface area contributed by atoms with Gasteiger partial charge in [0.05, 0.1) is 5.56 Å². The van der Waals surface area contributed by atoms with E-state index in [1.165, 1.54) is 6.07 Å². The fourth-order valence-corrected chi connectivity index (χ4v) is 2.04. The first kappa shape index (κ1) is 15.4. The Morgan fingerprint density at radius 3 is 2.48 bits per heavy atom. The van der Waals surface area contributed by atoms with E-state index in [9.17, 15) is 18.3 Å². The van der Waals surface area contributed by atoms with Crippen molar-refractivity contribution in [3.05, 3.63) is 65.2 Å². The first-order valence-electron chi connectivity index (χ1n) is 6.55. The highest BCUT2D eigenvalue weighted by Gasteiger charge is 2.30. The van der Waals surface area contributed by atoms with Crippen LogP contribution in [0.15, 0.2) is 48.5 Å². The van der Waals surface area contributed by atoms with E-state index in [0.29, 0.717) is 12.1 Å². The molecular formula is C16H16F3NO. The molecule has 0 radical (unpaired) electrons. The van der Waals surface area contributed by atoms with Crippen LogP contribution in [0.2, 0.25) is 0 Å². The number of rotatable bonds is 4. The van der Waals surface area contributed by atoms with Gasteiger partial charge in [0.2, 0.25) is 0 Å². The zero-order valence-electron chi connectivity index (χ0n) is 11.5. The summed E-state index contributed by atoms with van der Waals surface area (Å²) in [5.74, 6) is 0.168. The molecule has 5 heteroatoms. The zero-order valence-corrected chi connectivity index (χ0v) is 11.5. The Labute approximate surface area is 121 Å². The summed E-state index contributed by atoms with van der Waals surface area (Å²) >= 11 is 0. The third-order valence-electron chi connectivity index (χ3n) is 3.24. The second kappa shape index (κ2) is 6.18. The van der Waals surface area contributed by atoms with Crippen LogP contribution in [-0.4, -0.2) is 5.11 Å². The summed E-state index contributed by atoms with van der Waals surface area (Å²) in [6.45, 7) is 2.27. The molecule has 0 aliphatic heterocycles. The van der Waals surface area contributed by atoms with E-state index in [2.05, 4.69) is 5.32 Å². The second-order valence-electron chi connectivity index (χ2n) is 4.90. The van der Waals surface area contributed by atoms with Crippen molar-refractivity contribution in [2.24, 2.45) is 0 Å². The van der Waals surface area contributed by atoms with Crippen LogP contribution in [-0.2, 0) is 12.7 Å². The van der Waals surface area contributed by atoms with E-state index in [0.717, 1.165) is 17.7 Å². The molecule has 112 valence electrons. The molecule has 1 unspecified atom stereocenters. The summed E-state index contributed by atoms with van der Waals surface area (Å²) in [6.07, 6.45) is -4.33. The molecular weight excluding hydrogens is 279 g/mol. The lowest BCUT2D eigenvalue weighted by atomic mass is 10.0. The van der Waals surface area contributed by atoms with Crippen LogP contribution in [0.5, 0.6) is 5.75 Å². The maximum absolute atomic E-state index is 12.7. The van der Waals surface area contributed by atoms with Gasteiger partial charge in [-0.1, -0.05) is 24.3 Å². The fourth-order valence-electron chi connectivity index (χ4n) is 2.04. The van der Waals surface area contributed by atoms with Gasteiger partial charge in [0.1, 0.15) is 5.75 Å². The largest absolute Gasteiger partial charge is 0.508 e. The molecule has 2 N–H and O–H groups in total. The number of halogens is 3. The Morgan fingerprint density at radius 1 is 1.10 bits per heavy atom. The highest BCUT2D eigenvalue weighted by molar-refractivity contribution is 5.29. The standard InChI is InChI=1S/C16H16F3NO/c1-11(20-10-12-4-2-7-15(21)8-12)13-5-3-6-14(9-13)16(17,18)19/h2-9,11,20-21H,10H2,1H3. The minimum absolute atomic E-state index is 0.168. The van der Waals surface area contributed by atoms with Gasteiger partial charge < -0.3 is 10.4 Å². The lowest BCUT2D eigenvalue weighted by molar-refractivity contribution is -0.137. The van der Waals surface area contributed by atoms with Gasteiger partial charge in [-0.25, -0.2) is 0 Å². The van der Waals surface area contributed by atoms with Crippen molar-refractivity contribution in [3.63, 3.8) is 0 Å². The monoisotopic (exact) mass is 295 g/mol. The van der Waals surface area contributed by atoms with E-state index in [1.807, 2.05) is 6.07 Å². The van der Waals surface area contributed by atoms with Crippen LogP contribution < -0.4 is 5.32 Å². The molecule has 0 amide bonds. The summed E-state index contributed by atoms with van der Waals surface area (Å²) < 4.78 is 38.0. The summed E-state index contributed by atoms with van der Waals surface area (Å²) in [4.78, 5) is 0. The van der Waals surface area contributed by atoms with Crippen molar-refractivity contribution in [3.8, 4) is 5.75 Å². The van der Waals surface area contributed by atoms with Gasteiger partial charge in [0.25, 0.3) is 0 Å². The highest BCUT2D eigenvalue weighted by atomic mass is 19.4. The van der Waals surface area contributed by atoms with Gasteiger partial charge in [-0.2, -0.15) is 13.2 Å². The molecule has 21 heavy (non-hydrogen) atoms. The van der Waals surface area contributed by atoms with Gasteiger partial charge in [-0.3, -0.25) is 0 Å². The van der Waals surface area contributed by atoms with Gasteiger partial charge in [-0.05, 0) is 42.3 Å². The Balaban J connectivity index is 2.05. The predicted molar refractivity (Wildman–Crippen MR) is 74.8 cm³/mol. The van der Waals surface area contributed by atoms with E-state index in [-0.39, 0.29) is 11.8 Å². The molecule has 0 bridgehead atoms. The van der Waals surface area contributed by atoms with E-state index in [1.54, 1.807) is 31.2 Å². The maximum atomic E-state index is 12.7. The molecule has 0 aliphatic carbocycles. The van der Waals surface area contributed by atoms with Gasteiger partial charge in [-0.15, -0.1) is 0 Å². The van der Waals surface area contributed by atoms with Crippen molar-refractivity contribution in [2.45, 2.75) is 25.7 Å². The summed E-state index contributed by atoms with van der Waals surface area (Å²) in [6, 6.07) is 11.8. The average molecular weight is 295 g/mol. The van der Waals surface area contributed by atoms with Crippen LogP contribution in [0.1, 0.15) is 29.7 Å². The van der Waals surface area contributed by atoms with Crippen molar-refractivity contribution >= 4 is 0 Å². The topological polar surface area (TPSA) is 32.3 Å². The van der Waals surface area contributed by atoms with Gasteiger partial charge in [0, 0.05) is 12.6 Å². The SMILES string of the molecule is CC(NCc1cccc(O)c1)c1cccc(C(F)(F)F)c1. The van der Waals surface area contributed by atoms with Crippen LogP contribution in [0.25, 0.3) is 0 Å². The number of alkyl halides is 3. The summed E-state index contributed by atoms with van der Waals surface area (Å²) in [7, 11) is 0. The van der Waals surface area contributed by atoms with Crippen molar-refractivity contribution in [1.82, 2.24) is 5.32 Å². The van der Waals surface area contributed by atoms with E-state index in [4.69, 9.17) is 0 Å². The Bertz CT molecular complexity index is 610. The minimum atomic E-state index is -4.33. The smallest absolute Gasteiger partial charge is 0.416 e. The fraction of sp³-hybridized carbons (Fsp3) is 0.250. The lowest BCUT2D eigenvalue weighted by Gasteiger charge is -2.16. The number of nitrogens with one attached hydrogen (secondary N) is 1. The molecule has 0 spiro atoms. The number of hydrogen-bond acceptors (Lipinski definition) is 2. The van der Waals surface area contributed by atoms with E-state index >= 15 is 0 Å². The average Bonchev–Trinajstić information content (AvgIpc) is 2.44. The number of hydrogen-bond donors (Lipinski definition) is 2. The summed E-state index contributed by atoms with van der Waals surface area (Å²) in [5.41, 5.74) is 0.796. The predicted octanol–water partition coefficient (Wildman–Crippen LogP) is 4.26. The zero-order chi connectivity index (χ0) is 15.5. The maximum Gasteiger partial charge on any atom is 0.416 e. The molecule has 0 saturated heterocycles. The summed E-state index contributed by atoms with van der Waals surface area (Å²) in [5, 5.41) is 12.5. The minimum Gasteiger partial charge on any atom is -0.508 e. The van der Waals surface area contributed by atoms with Gasteiger partial charge in [0.15, 0.2) is 0 Å². The number of phenols is 1. The number of aromatic hydroxyl groups is 1. The molecule has 2 rings (SSSR count). The molecule has 0 fully saturated rings. The van der Waals surface area contributed by atoms with Crippen molar-refractivity contribution < 1.29 is 18.3 Å². The molecule has 0 aliphatic rings. The second-order valence-corrected chi connectivity index (χ2v) is 4.90. The first-order valence-corrected chi connectivity index (χ1v) is 6.55. The Morgan fingerprint density at radius 2 is 1.81 bits per heavy atom. The van der Waals surface area contributed by atoms with Gasteiger partial charge >= 0.3 is 6.18 Å². The Kier molecular flexibility index (Phi) is 4.53. The Hall–Kier alpha value is -2.01. The molecule has 0 heterocycles. The number of benzene rings is 2. The number of phenolic OH excluding ortho intramolecular Hbond substituents is 1. The molecule has 2 aromatic carbocycles. The quantitative estimate of drug-likeness (QED) is 0.883. The van der Waals surface area contributed by atoms with Crippen molar-refractivity contribution in [1.29, 1.82) is 0 Å². The first-order chi connectivity index (χ1) is 9.86.